The molecular weight excluding hydrogens is 570 g/mol. The van der Waals surface area contributed by atoms with Crippen LogP contribution in [0.2, 0.25) is 0 Å². The van der Waals surface area contributed by atoms with Crippen molar-refractivity contribution in [3.63, 3.8) is 0 Å². The lowest BCUT2D eigenvalue weighted by Crippen LogP contribution is -2.42. The van der Waals surface area contributed by atoms with E-state index in [9.17, 15) is 24.3 Å². The van der Waals surface area contributed by atoms with Crippen LogP contribution in [-0.4, -0.2) is 73.2 Å². The summed E-state index contributed by atoms with van der Waals surface area (Å²) in [5, 5.41) is 18.0. The minimum Gasteiger partial charge on any atom is -0.480 e. The highest BCUT2D eigenvalue weighted by Gasteiger charge is 2.23. The number of amides is 2. The highest BCUT2D eigenvalue weighted by Crippen LogP contribution is 2.16. The monoisotopic (exact) mass is 611 g/mol. The number of ether oxygens (including phenoxy) is 1. The molecule has 0 fully saturated rings. The van der Waals surface area contributed by atoms with Crippen LogP contribution >= 0.6 is 0 Å². The smallest absolute Gasteiger partial charge is 0.326 e. The van der Waals surface area contributed by atoms with Gasteiger partial charge in [-0.05, 0) is 71.2 Å². The van der Waals surface area contributed by atoms with Crippen molar-refractivity contribution in [2.75, 3.05) is 24.2 Å². The van der Waals surface area contributed by atoms with E-state index in [4.69, 9.17) is 16.2 Å². The third-order valence-electron chi connectivity index (χ3n) is 6.66. The van der Waals surface area contributed by atoms with Crippen LogP contribution in [0.3, 0.4) is 0 Å². The van der Waals surface area contributed by atoms with Crippen LogP contribution in [-0.2, 0) is 20.9 Å². The van der Waals surface area contributed by atoms with Gasteiger partial charge in [0.25, 0.3) is 11.5 Å². The number of aliphatic carboxylic acids is 1. The lowest BCUT2D eigenvalue weighted by atomic mass is 10.0. The molecule has 0 bridgehead atoms. The number of carboxylic acids is 1. The summed E-state index contributed by atoms with van der Waals surface area (Å²) in [5.41, 5.74) is 11.8. The molecule has 0 unspecified atom stereocenters. The Morgan fingerprint density at radius 2 is 1.80 bits per heavy atom. The van der Waals surface area contributed by atoms with E-state index in [0.717, 1.165) is 0 Å². The van der Waals surface area contributed by atoms with Crippen LogP contribution in [0.4, 0.5) is 11.6 Å². The molecule has 238 valence electrons. The number of aromatic nitrogens is 4. The standard InChI is InChI=1S/C29H41N9O6/c1-28(2,31)12-14-44-29(3,4)11-13-32-21(39)10-9-20(26(42)43)36-24(40)17-5-7-18(8-6-17)33-15-19-16-34-23-22(35-19)25(41)38-27(30)37-23/h5-8,16,20,33H,9-15,31H2,1-4H3,(H,32,39)(H,36,40)(H,42,43)(H3,30,34,37,38,41)/t20-/m0/s1. The van der Waals surface area contributed by atoms with Crippen molar-refractivity contribution < 1.29 is 24.2 Å². The molecular formula is C29H41N9O6. The van der Waals surface area contributed by atoms with Crippen LogP contribution in [0.5, 0.6) is 0 Å². The number of rotatable bonds is 16. The lowest BCUT2D eigenvalue weighted by molar-refractivity contribution is -0.139. The number of anilines is 2. The van der Waals surface area contributed by atoms with Gasteiger partial charge in [0.2, 0.25) is 11.9 Å². The Morgan fingerprint density at radius 3 is 2.45 bits per heavy atom. The number of H-pyrrole nitrogens is 1. The number of benzene rings is 1. The number of carbonyl (C=O) groups is 3. The van der Waals surface area contributed by atoms with Crippen LogP contribution < -0.4 is 33.0 Å². The molecule has 2 heterocycles. The molecule has 2 amide bonds. The van der Waals surface area contributed by atoms with Crippen molar-refractivity contribution >= 4 is 40.6 Å². The second-order valence-electron chi connectivity index (χ2n) is 11.8. The van der Waals surface area contributed by atoms with Crippen molar-refractivity contribution in [3.05, 3.63) is 52.1 Å². The molecule has 0 saturated heterocycles. The van der Waals surface area contributed by atoms with Gasteiger partial charge in [-0.2, -0.15) is 4.98 Å². The van der Waals surface area contributed by atoms with E-state index in [2.05, 4.69) is 35.9 Å². The Morgan fingerprint density at radius 1 is 1.09 bits per heavy atom. The van der Waals surface area contributed by atoms with Crippen molar-refractivity contribution in [2.45, 2.75) is 77.1 Å². The van der Waals surface area contributed by atoms with Gasteiger partial charge >= 0.3 is 5.97 Å². The Kier molecular flexibility index (Phi) is 11.3. The van der Waals surface area contributed by atoms with Crippen LogP contribution in [0.1, 0.15) is 69.4 Å². The summed E-state index contributed by atoms with van der Waals surface area (Å²) in [5.74, 6) is -2.20. The van der Waals surface area contributed by atoms with Gasteiger partial charge in [-0.15, -0.1) is 0 Å². The average Bonchev–Trinajstić information content (AvgIpc) is 2.93. The first kappa shape index (κ1) is 33.9. The number of carbonyl (C=O) groups excluding carboxylic acids is 2. The van der Waals surface area contributed by atoms with Gasteiger partial charge in [-0.3, -0.25) is 19.4 Å². The number of fused-ring (bicyclic) bond motifs is 1. The van der Waals surface area contributed by atoms with E-state index in [1.165, 1.54) is 18.3 Å². The maximum Gasteiger partial charge on any atom is 0.326 e. The number of nitrogen functional groups attached to an aromatic ring is 1. The molecule has 1 aromatic carbocycles. The molecule has 0 saturated carbocycles. The Labute approximate surface area is 254 Å². The number of carboxylic acid groups (broad SMARTS) is 1. The van der Waals surface area contributed by atoms with Gasteiger partial charge < -0.3 is 37.3 Å². The number of aromatic amines is 1. The van der Waals surface area contributed by atoms with Crippen molar-refractivity contribution in [3.8, 4) is 0 Å². The number of hydrogen-bond acceptors (Lipinski definition) is 11. The van der Waals surface area contributed by atoms with Crippen LogP contribution in [0, 0.1) is 0 Å². The molecule has 3 rings (SSSR count). The summed E-state index contributed by atoms with van der Waals surface area (Å²) < 4.78 is 5.88. The summed E-state index contributed by atoms with van der Waals surface area (Å²) >= 11 is 0. The van der Waals surface area contributed by atoms with Crippen molar-refractivity contribution in [1.82, 2.24) is 30.6 Å². The number of nitrogens with one attached hydrogen (secondary N) is 4. The van der Waals surface area contributed by atoms with E-state index in [1.807, 2.05) is 27.7 Å². The minimum absolute atomic E-state index is 0.0488. The molecule has 0 aliphatic heterocycles. The zero-order valence-corrected chi connectivity index (χ0v) is 25.4. The minimum atomic E-state index is -1.25. The van der Waals surface area contributed by atoms with Crippen molar-refractivity contribution in [1.29, 1.82) is 0 Å². The van der Waals surface area contributed by atoms with Gasteiger partial charge in [-0.1, -0.05) is 0 Å². The number of nitrogens with two attached hydrogens (primary N) is 2. The highest BCUT2D eigenvalue weighted by molar-refractivity contribution is 5.97. The SMILES string of the molecule is CC(C)(N)CCOC(C)(C)CCNC(=O)CC[C@H](NC(=O)c1ccc(NCc2cnc3nc(N)[nH]c(=O)c3n2)cc1)C(=O)O. The molecule has 1 atom stereocenters. The summed E-state index contributed by atoms with van der Waals surface area (Å²) in [7, 11) is 0. The fourth-order valence-electron chi connectivity index (χ4n) is 4.02. The lowest BCUT2D eigenvalue weighted by Gasteiger charge is -2.28. The summed E-state index contributed by atoms with van der Waals surface area (Å²) in [6.07, 6.45) is 2.59. The first-order valence-electron chi connectivity index (χ1n) is 14.2. The molecule has 9 N–H and O–H groups in total. The first-order valence-corrected chi connectivity index (χ1v) is 14.2. The molecule has 0 spiro atoms. The third kappa shape index (κ3) is 10.9. The van der Waals surface area contributed by atoms with E-state index < -0.39 is 29.1 Å². The van der Waals surface area contributed by atoms with Gasteiger partial charge in [0.05, 0.1) is 24.0 Å². The number of hydrogen-bond donors (Lipinski definition) is 7. The van der Waals surface area contributed by atoms with E-state index in [0.29, 0.717) is 37.4 Å². The summed E-state index contributed by atoms with van der Waals surface area (Å²) in [4.78, 5) is 63.5. The zero-order valence-electron chi connectivity index (χ0n) is 25.4. The normalized spacial score (nSPS) is 12.5. The van der Waals surface area contributed by atoms with E-state index >= 15 is 0 Å². The van der Waals surface area contributed by atoms with Crippen LogP contribution in [0.25, 0.3) is 11.2 Å². The quantitative estimate of drug-likeness (QED) is 0.121. The molecule has 0 aliphatic rings. The molecule has 44 heavy (non-hydrogen) atoms. The maximum absolute atomic E-state index is 12.7. The maximum atomic E-state index is 12.7. The molecule has 0 radical (unpaired) electrons. The molecule has 2 aromatic heterocycles. The van der Waals surface area contributed by atoms with Crippen molar-refractivity contribution in [2.24, 2.45) is 5.73 Å². The van der Waals surface area contributed by atoms with E-state index in [1.54, 1.807) is 12.1 Å². The second-order valence-corrected chi connectivity index (χ2v) is 11.8. The van der Waals surface area contributed by atoms with Gasteiger partial charge in [0.1, 0.15) is 6.04 Å². The first-order chi connectivity index (χ1) is 20.6. The average molecular weight is 612 g/mol. The fraction of sp³-hybridized carbons (Fsp3) is 0.483. The molecule has 0 aliphatic carbocycles. The Bertz CT molecular complexity index is 1520. The second kappa shape index (κ2) is 14.7. The number of nitrogens with zero attached hydrogens (tertiary/aromatic N) is 3. The third-order valence-corrected chi connectivity index (χ3v) is 6.66. The predicted molar refractivity (Wildman–Crippen MR) is 165 cm³/mol. The Balaban J connectivity index is 1.44. The van der Waals surface area contributed by atoms with Crippen LogP contribution in [0.15, 0.2) is 35.3 Å². The molecule has 15 nitrogen and oxygen atoms in total. The molecule has 15 heteroatoms. The summed E-state index contributed by atoms with van der Waals surface area (Å²) in [6.45, 7) is 8.81. The van der Waals surface area contributed by atoms with E-state index in [-0.39, 0.29) is 53.5 Å². The fourth-order valence-corrected chi connectivity index (χ4v) is 4.02. The Hall–Kier alpha value is -4.63. The van der Waals surface area contributed by atoms with Gasteiger partial charge in [0.15, 0.2) is 11.2 Å². The zero-order chi connectivity index (χ0) is 32.5. The predicted octanol–water partition coefficient (Wildman–Crippen LogP) is 1.30. The largest absolute Gasteiger partial charge is 0.480 e. The molecule has 3 aromatic rings. The van der Waals surface area contributed by atoms with Gasteiger partial charge in [-0.25, -0.2) is 14.8 Å². The topological polar surface area (TPSA) is 240 Å². The summed E-state index contributed by atoms with van der Waals surface area (Å²) in [6, 6.07) is 5.11. The highest BCUT2D eigenvalue weighted by atomic mass is 16.5. The van der Waals surface area contributed by atoms with Gasteiger partial charge in [0, 0.05) is 36.4 Å².